The summed E-state index contributed by atoms with van der Waals surface area (Å²) in [7, 11) is 0. The number of hydrogen-bond donors (Lipinski definition) is 1. The molecule has 0 aromatic heterocycles. The van der Waals surface area contributed by atoms with E-state index in [1.54, 1.807) is 0 Å². The monoisotopic (exact) mass is 486 g/mol. The van der Waals surface area contributed by atoms with Gasteiger partial charge in [-0.05, 0) is 54.5 Å². The molecule has 3 aromatic carbocycles. The van der Waals surface area contributed by atoms with Crippen molar-refractivity contribution in [3.8, 4) is 5.75 Å². The van der Waals surface area contributed by atoms with Crippen LogP contribution in [0.4, 0.5) is 0 Å². The van der Waals surface area contributed by atoms with Crippen LogP contribution in [0.1, 0.15) is 47.9 Å². The molecule has 0 saturated carbocycles. The highest BCUT2D eigenvalue weighted by Crippen LogP contribution is 2.49. The van der Waals surface area contributed by atoms with Crippen LogP contribution in [0.5, 0.6) is 5.75 Å². The fourth-order valence-corrected chi connectivity index (χ4v) is 6.74. The van der Waals surface area contributed by atoms with E-state index in [4.69, 9.17) is 16.3 Å². The third-order valence-corrected chi connectivity index (χ3v) is 8.61. The average Bonchev–Trinajstić information content (AvgIpc) is 3.33. The summed E-state index contributed by atoms with van der Waals surface area (Å²) in [5.41, 5.74) is 3.38. The number of likely N-dealkylation sites (tertiary alicyclic amines) is 1. The summed E-state index contributed by atoms with van der Waals surface area (Å²) in [5, 5.41) is 4.25. The Labute approximate surface area is 212 Å². The molecule has 4 unspecified atom stereocenters. The molecular formula is C30H31ClN2O2. The number of fused-ring (bicyclic) bond motifs is 2. The summed E-state index contributed by atoms with van der Waals surface area (Å²) >= 11 is 6.42. The van der Waals surface area contributed by atoms with Crippen molar-refractivity contribution in [2.45, 2.75) is 36.6 Å². The van der Waals surface area contributed by atoms with Crippen molar-refractivity contribution in [3.63, 3.8) is 0 Å². The zero-order chi connectivity index (χ0) is 23.8. The fraction of sp³-hybridized carbons (Fsp3) is 0.367. The molecule has 0 aliphatic carbocycles. The van der Waals surface area contributed by atoms with Gasteiger partial charge in [0.2, 0.25) is 5.91 Å². The Bertz CT molecular complexity index is 1200. The quantitative estimate of drug-likeness (QED) is 0.514. The van der Waals surface area contributed by atoms with Crippen molar-refractivity contribution < 1.29 is 9.53 Å². The average molecular weight is 487 g/mol. The third kappa shape index (κ3) is 4.03. The van der Waals surface area contributed by atoms with Crippen LogP contribution in [-0.2, 0) is 10.2 Å². The number of nitrogens with zero attached hydrogens (tertiary/aromatic N) is 1. The first-order chi connectivity index (χ1) is 17.2. The molecule has 35 heavy (non-hydrogen) atoms. The van der Waals surface area contributed by atoms with Crippen molar-refractivity contribution in [1.29, 1.82) is 0 Å². The van der Waals surface area contributed by atoms with Gasteiger partial charge in [-0.15, -0.1) is 0 Å². The Morgan fingerprint density at radius 1 is 1.00 bits per heavy atom. The first kappa shape index (κ1) is 22.6. The maximum absolute atomic E-state index is 14.4. The molecule has 5 heteroatoms. The lowest BCUT2D eigenvalue weighted by Gasteiger charge is -2.45. The van der Waals surface area contributed by atoms with E-state index in [2.05, 4.69) is 64.8 Å². The Kier molecular flexibility index (Phi) is 6.03. The molecule has 3 aliphatic rings. The predicted molar refractivity (Wildman–Crippen MR) is 139 cm³/mol. The molecule has 0 bridgehead atoms. The predicted octanol–water partition coefficient (Wildman–Crippen LogP) is 5.73. The lowest BCUT2D eigenvalue weighted by Crippen LogP contribution is -2.50. The summed E-state index contributed by atoms with van der Waals surface area (Å²) in [6.07, 6.45) is 2.75. The first-order valence-electron chi connectivity index (χ1n) is 12.7. The number of carbonyl (C=O) groups excluding carboxylic acids is 1. The normalized spacial score (nSPS) is 27.9. The molecule has 2 saturated heterocycles. The minimum absolute atomic E-state index is 0.0685. The second kappa shape index (κ2) is 9.33. The Hall–Kier alpha value is -2.82. The zero-order valence-corrected chi connectivity index (χ0v) is 20.6. The number of halogens is 1. The molecule has 3 aromatic rings. The Morgan fingerprint density at radius 3 is 2.51 bits per heavy atom. The van der Waals surface area contributed by atoms with Crippen LogP contribution in [0.3, 0.4) is 0 Å². The van der Waals surface area contributed by atoms with Crippen LogP contribution in [-0.4, -0.2) is 37.0 Å². The van der Waals surface area contributed by atoms with Gasteiger partial charge in [0.15, 0.2) is 0 Å². The van der Waals surface area contributed by atoms with Gasteiger partial charge in [0.25, 0.3) is 0 Å². The smallest absolute Gasteiger partial charge is 0.228 e. The number of ether oxygens (including phenoxy) is 1. The topological polar surface area (TPSA) is 41.6 Å². The van der Waals surface area contributed by atoms with Gasteiger partial charge in [0.05, 0.1) is 18.6 Å². The molecule has 180 valence electrons. The van der Waals surface area contributed by atoms with Crippen molar-refractivity contribution >= 4 is 17.5 Å². The standard InChI is InChI=1S/C30H31ClN2O2/c31-24-11-12-28-25(18-24)30(14-16-35-28)20-32-19-26(30)29(34)33-15-13-23(21-7-3-1-4-8-21)17-27(33)22-9-5-2-6-10-22/h1-12,18,23,26-27,32H,13-17,19-20H2. The van der Waals surface area contributed by atoms with Gasteiger partial charge in [-0.3, -0.25) is 4.79 Å². The minimum atomic E-state index is -0.285. The van der Waals surface area contributed by atoms with Gasteiger partial charge in [0.1, 0.15) is 5.75 Å². The van der Waals surface area contributed by atoms with Gasteiger partial charge in [0, 0.05) is 35.6 Å². The molecule has 3 aliphatic heterocycles. The van der Waals surface area contributed by atoms with Crippen molar-refractivity contribution in [2.24, 2.45) is 5.92 Å². The SMILES string of the molecule is O=C(C1CNCC12CCOc1ccc(Cl)cc12)N1CCC(c2ccccc2)CC1c1ccccc1. The number of piperidine rings is 1. The molecule has 4 atom stereocenters. The Balaban J connectivity index is 1.34. The molecule has 0 radical (unpaired) electrons. The van der Waals surface area contributed by atoms with Crippen LogP contribution < -0.4 is 10.1 Å². The second-order valence-corrected chi connectivity index (χ2v) is 10.6. The summed E-state index contributed by atoms with van der Waals surface area (Å²) < 4.78 is 5.98. The largest absolute Gasteiger partial charge is 0.493 e. The maximum atomic E-state index is 14.4. The number of carbonyl (C=O) groups is 1. The van der Waals surface area contributed by atoms with Gasteiger partial charge in [-0.1, -0.05) is 72.3 Å². The van der Waals surface area contributed by atoms with E-state index in [9.17, 15) is 4.79 Å². The maximum Gasteiger partial charge on any atom is 0.228 e. The van der Waals surface area contributed by atoms with E-state index in [0.717, 1.165) is 43.7 Å². The van der Waals surface area contributed by atoms with E-state index in [-0.39, 0.29) is 23.3 Å². The molecule has 6 rings (SSSR count). The number of amides is 1. The Morgan fingerprint density at radius 2 is 1.74 bits per heavy atom. The third-order valence-electron chi connectivity index (χ3n) is 8.38. The van der Waals surface area contributed by atoms with Crippen molar-refractivity contribution in [1.82, 2.24) is 10.2 Å². The number of rotatable bonds is 3. The molecular weight excluding hydrogens is 456 g/mol. The van der Waals surface area contributed by atoms with E-state index < -0.39 is 0 Å². The molecule has 1 amide bonds. The molecule has 1 spiro atoms. The lowest BCUT2D eigenvalue weighted by molar-refractivity contribution is -0.141. The molecule has 1 N–H and O–H groups in total. The van der Waals surface area contributed by atoms with E-state index >= 15 is 0 Å². The first-order valence-corrected chi connectivity index (χ1v) is 13.1. The van der Waals surface area contributed by atoms with Gasteiger partial charge < -0.3 is 15.0 Å². The van der Waals surface area contributed by atoms with Crippen molar-refractivity contribution in [3.05, 3.63) is 101 Å². The van der Waals surface area contributed by atoms with Crippen LogP contribution in [0.15, 0.2) is 78.9 Å². The lowest BCUT2D eigenvalue weighted by atomic mass is 9.68. The van der Waals surface area contributed by atoms with Gasteiger partial charge >= 0.3 is 0 Å². The summed E-state index contributed by atoms with van der Waals surface area (Å²) in [6.45, 7) is 2.85. The van der Waals surface area contributed by atoms with E-state index in [1.165, 1.54) is 11.1 Å². The fourth-order valence-electron chi connectivity index (χ4n) is 6.57. The summed E-state index contributed by atoms with van der Waals surface area (Å²) in [6, 6.07) is 27.2. The minimum Gasteiger partial charge on any atom is -0.493 e. The highest BCUT2D eigenvalue weighted by atomic mass is 35.5. The van der Waals surface area contributed by atoms with Crippen LogP contribution in [0.2, 0.25) is 5.02 Å². The summed E-state index contributed by atoms with van der Waals surface area (Å²) in [5.74, 6) is 1.43. The molecule has 2 fully saturated rings. The molecule has 3 heterocycles. The zero-order valence-electron chi connectivity index (χ0n) is 19.8. The van der Waals surface area contributed by atoms with Crippen LogP contribution >= 0.6 is 11.6 Å². The number of benzene rings is 3. The number of nitrogens with one attached hydrogen (secondary N) is 1. The van der Waals surface area contributed by atoms with Crippen LogP contribution in [0, 0.1) is 5.92 Å². The highest BCUT2D eigenvalue weighted by molar-refractivity contribution is 6.30. The van der Waals surface area contributed by atoms with Gasteiger partial charge in [-0.25, -0.2) is 0 Å². The van der Waals surface area contributed by atoms with E-state index in [1.807, 2.05) is 24.3 Å². The summed E-state index contributed by atoms with van der Waals surface area (Å²) in [4.78, 5) is 16.6. The molecule has 4 nitrogen and oxygen atoms in total. The highest BCUT2D eigenvalue weighted by Gasteiger charge is 2.52. The van der Waals surface area contributed by atoms with Crippen molar-refractivity contribution in [2.75, 3.05) is 26.2 Å². The van der Waals surface area contributed by atoms with E-state index in [0.29, 0.717) is 24.1 Å². The number of hydrogen-bond acceptors (Lipinski definition) is 3. The second-order valence-electron chi connectivity index (χ2n) is 10.2. The van der Waals surface area contributed by atoms with Gasteiger partial charge in [-0.2, -0.15) is 0 Å². The van der Waals surface area contributed by atoms with Crippen LogP contribution in [0.25, 0.3) is 0 Å².